The second-order valence-corrected chi connectivity index (χ2v) is 27.6. The van der Waals surface area contributed by atoms with E-state index >= 15 is 0 Å². The van der Waals surface area contributed by atoms with Crippen LogP contribution in [0.3, 0.4) is 0 Å². The van der Waals surface area contributed by atoms with Crippen LogP contribution in [0.4, 0.5) is 0 Å². The zero-order valence-electron chi connectivity index (χ0n) is 57.6. The third-order valence-electron chi connectivity index (χ3n) is 15.8. The van der Waals surface area contributed by atoms with Gasteiger partial charge in [0.1, 0.15) is 43.5 Å². The lowest BCUT2D eigenvalue weighted by Gasteiger charge is -2.22. The Morgan fingerprint density at radius 3 is 0.685 bits per heavy atom. The Kier molecular flexibility index (Phi) is 71.1. The van der Waals surface area contributed by atoms with Crippen LogP contribution in [0.5, 0.6) is 0 Å². The second-order valence-electron chi connectivity index (χ2n) is 24.7. The highest BCUT2D eigenvalue weighted by Crippen LogP contribution is 2.45. The molecular weight excluding hydrogens is 1210 g/mol. The molecule has 0 aromatic rings. The third kappa shape index (κ3) is 71.9. The molecule has 0 radical (unpaired) electrons. The van der Waals surface area contributed by atoms with Gasteiger partial charge in [-0.15, -0.1) is 0 Å². The van der Waals surface area contributed by atoms with Crippen molar-refractivity contribution in [3.63, 3.8) is 0 Å². The van der Waals surface area contributed by atoms with Crippen LogP contribution in [-0.4, -0.2) is 124 Å². The molecule has 19 heteroatoms. The molecule has 0 saturated carbocycles. The van der Waals surface area contributed by atoms with Crippen LogP contribution in [0.25, 0.3) is 0 Å². The molecular formula is C73H134O17P2. The second kappa shape index (κ2) is 72.9. The lowest BCUT2D eigenvalue weighted by molar-refractivity contribution is -0.108. The van der Waals surface area contributed by atoms with Crippen LogP contribution in [0.15, 0.2) is 48.6 Å². The van der Waals surface area contributed by atoms with Crippen LogP contribution in [0.1, 0.15) is 308 Å². The molecule has 0 heterocycles. The highest BCUT2D eigenvalue weighted by atomic mass is 31.2. The summed E-state index contributed by atoms with van der Waals surface area (Å²) in [6.07, 6.45) is 69.1. The first kappa shape index (κ1) is 89.7. The molecule has 4 atom stereocenters. The Morgan fingerprint density at radius 1 is 0.250 bits per heavy atom. The Labute approximate surface area is 559 Å². The van der Waals surface area contributed by atoms with Gasteiger partial charge < -0.3 is 53.0 Å². The van der Waals surface area contributed by atoms with E-state index in [1.165, 1.54) is 25.7 Å². The first-order chi connectivity index (χ1) is 45.1. The molecule has 0 aromatic heterocycles. The standard InChI is InChI=1S/C73H134O17P2/c74-57-49-41-33-25-17-9-1-5-13-21-29-37-45-53-61-83-67-72(85-63-55-47-39-31-23-15-7-3-11-19-27-35-43-51-59-76)69-89-91(79,80)87-65-71(78)66-88-92(81,82)90-70-73(86-64-56-48-40-32-24-16-8-4-12-20-28-36-44-52-60-77)68-84-62-54-46-38-30-22-14-6-2-10-18-26-34-42-50-58-75/h1-8,57-60,71-73,78H,9-56,61-70H2,(H,79,80)(H,81,82)/b5-1-,6-2-,7-3-,8-4-/t72-,73-/m1/s1. The van der Waals surface area contributed by atoms with E-state index in [9.17, 15) is 43.2 Å². The van der Waals surface area contributed by atoms with Gasteiger partial charge in [-0.25, -0.2) is 9.13 Å². The maximum atomic E-state index is 13.0. The van der Waals surface area contributed by atoms with E-state index in [0.29, 0.717) is 52.1 Å². The van der Waals surface area contributed by atoms with Crippen molar-refractivity contribution in [2.45, 2.75) is 327 Å². The van der Waals surface area contributed by atoms with Gasteiger partial charge in [-0.2, -0.15) is 0 Å². The van der Waals surface area contributed by atoms with Crippen molar-refractivity contribution in [1.29, 1.82) is 0 Å². The topological polar surface area (TPSA) is 237 Å². The smallest absolute Gasteiger partial charge is 0.388 e. The van der Waals surface area contributed by atoms with Gasteiger partial charge in [-0.05, 0) is 154 Å². The molecule has 0 aliphatic heterocycles. The minimum absolute atomic E-state index is 0.159. The molecule has 0 saturated heterocycles. The quantitative estimate of drug-likeness (QED) is 0.0222. The zero-order chi connectivity index (χ0) is 66.9. The number of hydrogen-bond donors (Lipinski definition) is 3. The average Bonchev–Trinajstić information content (AvgIpc) is 3.51. The van der Waals surface area contributed by atoms with Crippen molar-refractivity contribution in [2.75, 3.05) is 66.1 Å². The highest BCUT2D eigenvalue weighted by molar-refractivity contribution is 7.47. The van der Waals surface area contributed by atoms with Crippen molar-refractivity contribution >= 4 is 40.8 Å². The number of carbonyl (C=O) groups excluding carboxylic acids is 4. The summed E-state index contributed by atoms with van der Waals surface area (Å²) in [7, 11) is -9.41. The fraction of sp³-hybridized carbons (Fsp3) is 0.836. The first-order valence-electron chi connectivity index (χ1n) is 36.7. The Balaban J connectivity index is 5.04. The Hall–Kier alpha value is -2.34. The number of rotatable bonds is 78. The Morgan fingerprint density at radius 2 is 0.446 bits per heavy atom. The van der Waals surface area contributed by atoms with Gasteiger partial charge >= 0.3 is 15.6 Å². The van der Waals surface area contributed by atoms with Gasteiger partial charge in [0.25, 0.3) is 0 Å². The van der Waals surface area contributed by atoms with Crippen LogP contribution in [-0.2, 0) is 65.4 Å². The van der Waals surface area contributed by atoms with Gasteiger partial charge in [-0.3, -0.25) is 18.1 Å². The number of aldehydes is 4. The minimum Gasteiger partial charge on any atom is -0.388 e. The molecule has 0 amide bonds. The van der Waals surface area contributed by atoms with Crippen molar-refractivity contribution in [2.24, 2.45) is 0 Å². The maximum absolute atomic E-state index is 13.0. The highest BCUT2D eigenvalue weighted by Gasteiger charge is 2.29. The van der Waals surface area contributed by atoms with Crippen molar-refractivity contribution in [3.8, 4) is 0 Å². The predicted molar refractivity (Wildman–Crippen MR) is 373 cm³/mol. The maximum Gasteiger partial charge on any atom is 0.472 e. The van der Waals surface area contributed by atoms with Crippen molar-refractivity contribution < 1.29 is 80.2 Å². The summed E-state index contributed by atoms with van der Waals surface area (Å²) in [5.41, 5.74) is 0. The minimum atomic E-state index is -4.70. The number of aliphatic hydroxyl groups is 1. The fourth-order valence-electron chi connectivity index (χ4n) is 10.2. The van der Waals surface area contributed by atoms with Gasteiger partial charge in [0.2, 0.25) is 0 Å². The molecule has 0 spiro atoms. The van der Waals surface area contributed by atoms with E-state index in [1.807, 2.05) is 0 Å². The summed E-state index contributed by atoms with van der Waals surface area (Å²) >= 11 is 0. The molecule has 0 bridgehead atoms. The van der Waals surface area contributed by atoms with Gasteiger partial charge in [0.15, 0.2) is 0 Å². The van der Waals surface area contributed by atoms with E-state index in [-0.39, 0.29) is 26.4 Å². The van der Waals surface area contributed by atoms with Gasteiger partial charge in [0.05, 0.1) is 39.6 Å². The number of hydrogen-bond acceptors (Lipinski definition) is 15. The van der Waals surface area contributed by atoms with Crippen LogP contribution < -0.4 is 0 Å². The molecule has 0 aromatic carbocycles. The lowest BCUT2D eigenvalue weighted by Crippen LogP contribution is -2.27. The summed E-state index contributed by atoms with van der Waals surface area (Å²) < 4.78 is 71.1. The fourth-order valence-corrected chi connectivity index (χ4v) is 11.7. The molecule has 538 valence electrons. The number of unbranched alkanes of at least 4 members (excludes halogenated alkanes) is 40. The van der Waals surface area contributed by atoms with Crippen LogP contribution >= 0.6 is 15.6 Å². The van der Waals surface area contributed by atoms with E-state index in [1.54, 1.807) is 0 Å². The van der Waals surface area contributed by atoms with Crippen LogP contribution in [0.2, 0.25) is 0 Å². The van der Waals surface area contributed by atoms with Crippen LogP contribution in [0, 0.1) is 0 Å². The molecule has 0 rings (SSSR count). The SMILES string of the molecule is O=CCCCCCC/C=C\CCCCCCCOC[C@H](COP(=O)(O)OCC(O)COP(=O)(O)OC[C@@H](COCCCCCCC/C=C\CCCCCCC=O)OCCCCCCC/C=C\CCCCCCC=O)OCCCCCCC/C=C\CCCCCCC=O. The predicted octanol–water partition coefficient (Wildman–Crippen LogP) is 19.2. The first-order valence-corrected chi connectivity index (χ1v) is 39.7. The number of ether oxygens (including phenoxy) is 4. The number of aliphatic hydroxyl groups excluding tert-OH is 1. The summed E-state index contributed by atoms with van der Waals surface area (Å²) in [6, 6.07) is 0. The molecule has 0 aliphatic carbocycles. The molecule has 92 heavy (non-hydrogen) atoms. The number of phosphoric acid groups is 2. The number of allylic oxidation sites excluding steroid dienone is 8. The van der Waals surface area contributed by atoms with E-state index < -0.39 is 47.2 Å². The number of carbonyl (C=O) groups is 4. The van der Waals surface area contributed by atoms with Crippen molar-refractivity contribution in [1.82, 2.24) is 0 Å². The molecule has 2 unspecified atom stereocenters. The largest absolute Gasteiger partial charge is 0.472 e. The normalized spacial score (nSPS) is 14.4. The monoisotopic (exact) mass is 1340 g/mol. The zero-order valence-corrected chi connectivity index (χ0v) is 59.4. The van der Waals surface area contributed by atoms with E-state index in [4.69, 9.17) is 37.0 Å². The van der Waals surface area contributed by atoms with Crippen molar-refractivity contribution in [3.05, 3.63) is 48.6 Å². The Bertz CT molecular complexity index is 1690. The summed E-state index contributed by atoms with van der Waals surface area (Å²) in [5, 5.41) is 10.6. The molecule has 3 N–H and O–H groups in total. The summed E-state index contributed by atoms with van der Waals surface area (Å²) in [5.74, 6) is 0. The van der Waals surface area contributed by atoms with E-state index in [0.717, 1.165) is 282 Å². The lowest BCUT2D eigenvalue weighted by atomic mass is 10.1. The third-order valence-corrected chi connectivity index (χ3v) is 17.7. The van der Waals surface area contributed by atoms with Gasteiger partial charge in [-0.1, -0.05) is 177 Å². The van der Waals surface area contributed by atoms with E-state index in [2.05, 4.69) is 48.6 Å². The summed E-state index contributed by atoms with van der Waals surface area (Å²) in [4.78, 5) is 63.1. The molecule has 0 fully saturated rings. The summed E-state index contributed by atoms with van der Waals surface area (Å²) in [6.45, 7) is 0.180. The molecule has 17 nitrogen and oxygen atoms in total. The number of phosphoric ester groups is 2. The average molecular weight is 1350 g/mol. The molecule has 0 aliphatic rings. The van der Waals surface area contributed by atoms with Gasteiger partial charge in [0, 0.05) is 52.1 Å².